The summed E-state index contributed by atoms with van der Waals surface area (Å²) in [4.78, 5) is 12.5. The second-order valence-corrected chi connectivity index (χ2v) is 7.68. The summed E-state index contributed by atoms with van der Waals surface area (Å²) in [6, 6.07) is 11.8. The van der Waals surface area contributed by atoms with Gasteiger partial charge in [0.05, 0.1) is 11.7 Å². The highest BCUT2D eigenvalue weighted by Crippen LogP contribution is 2.36. The first kappa shape index (κ1) is 22.9. The molecule has 1 fully saturated rings. The SMILES string of the molecule is CC(C)C(Oc1cc(C(=O)Oc2ccccc2)ccc1OC(F)(F)F)OC1CCCC1. The van der Waals surface area contributed by atoms with Crippen LogP contribution in [0.15, 0.2) is 48.5 Å². The van der Waals surface area contributed by atoms with Gasteiger partial charge < -0.3 is 18.9 Å². The van der Waals surface area contributed by atoms with E-state index in [4.69, 9.17) is 14.2 Å². The lowest BCUT2D eigenvalue weighted by molar-refractivity contribution is -0.275. The third kappa shape index (κ3) is 6.89. The topological polar surface area (TPSA) is 54.0 Å². The normalized spacial score (nSPS) is 15.7. The number of alkyl halides is 3. The molecule has 2 aromatic carbocycles. The molecule has 0 heterocycles. The molecule has 0 amide bonds. The van der Waals surface area contributed by atoms with Gasteiger partial charge in [-0.2, -0.15) is 0 Å². The van der Waals surface area contributed by atoms with E-state index in [0.717, 1.165) is 31.7 Å². The Morgan fingerprint density at radius 1 is 1.00 bits per heavy atom. The van der Waals surface area contributed by atoms with E-state index in [2.05, 4.69) is 4.74 Å². The highest BCUT2D eigenvalue weighted by molar-refractivity contribution is 5.91. The molecule has 168 valence electrons. The molecule has 1 aliphatic rings. The van der Waals surface area contributed by atoms with Crippen molar-refractivity contribution in [2.24, 2.45) is 5.92 Å². The van der Waals surface area contributed by atoms with Crippen molar-refractivity contribution in [3.05, 3.63) is 54.1 Å². The summed E-state index contributed by atoms with van der Waals surface area (Å²) in [6.07, 6.45) is -1.88. The van der Waals surface area contributed by atoms with Crippen LogP contribution in [0.4, 0.5) is 13.2 Å². The summed E-state index contributed by atoms with van der Waals surface area (Å²) in [5, 5.41) is 0. The predicted octanol–water partition coefficient (Wildman–Crippen LogP) is 6.12. The second-order valence-electron chi connectivity index (χ2n) is 7.68. The van der Waals surface area contributed by atoms with Crippen molar-refractivity contribution in [3.8, 4) is 17.2 Å². The average Bonchev–Trinajstić information content (AvgIpc) is 3.21. The first-order valence-corrected chi connectivity index (χ1v) is 10.2. The smallest absolute Gasteiger partial charge is 0.461 e. The van der Waals surface area contributed by atoms with Crippen LogP contribution in [0.3, 0.4) is 0 Å². The minimum absolute atomic E-state index is 0.00869. The molecule has 0 spiro atoms. The van der Waals surface area contributed by atoms with Crippen molar-refractivity contribution >= 4 is 5.97 Å². The summed E-state index contributed by atoms with van der Waals surface area (Å²) < 4.78 is 59.8. The molecule has 31 heavy (non-hydrogen) atoms. The summed E-state index contributed by atoms with van der Waals surface area (Å²) in [5.41, 5.74) is 0.0248. The molecule has 2 aromatic rings. The minimum atomic E-state index is -4.91. The highest BCUT2D eigenvalue weighted by Gasteiger charge is 2.34. The molecule has 0 saturated heterocycles. The Labute approximate surface area is 179 Å². The maximum absolute atomic E-state index is 12.9. The molecule has 0 aliphatic heterocycles. The van der Waals surface area contributed by atoms with E-state index in [1.807, 2.05) is 13.8 Å². The summed E-state index contributed by atoms with van der Waals surface area (Å²) in [7, 11) is 0. The fraction of sp³-hybridized carbons (Fsp3) is 0.435. The number of halogens is 3. The number of rotatable bonds is 8. The molecule has 1 saturated carbocycles. The second kappa shape index (κ2) is 10.0. The number of ether oxygens (including phenoxy) is 4. The van der Waals surface area contributed by atoms with Crippen molar-refractivity contribution in [1.82, 2.24) is 0 Å². The molecule has 1 unspecified atom stereocenters. The van der Waals surface area contributed by atoms with Crippen LogP contribution in [0.1, 0.15) is 49.9 Å². The molecule has 3 rings (SSSR count). The molecule has 8 heteroatoms. The number of benzene rings is 2. The van der Waals surface area contributed by atoms with Crippen molar-refractivity contribution in [2.75, 3.05) is 0 Å². The fourth-order valence-corrected chi connectivity index (χ4v) is 3.25. The summed E-state index contributed by atoms with van der Waals surface area (Å²) in [6.45, 7) is 3.69. The third-order valence-electron chi connectivity index (χ3n) is 4.78. The van der Waals surface area contributed by atoms with Crippen molar-refractivity contribution in [3.63, 3.8) is 0 Å². The Morgan fingerprint density at radius 3 is 2.29 bits per heavy atom. The largest absolute Gasteiger partial charge is 0.573 e. The summed E-state index contributed by atoms with van der Waals surface area (Å²) in [5.74, 6) is -1.34. The van der Waals surface area contributed by atoms with Crippen LogP contribution in [0.2, 0.25) is 0 Å². The molecule has 5 nitrogen and oxygen atoms in total. The van der Waals surface area contributed by atoms with Crippen molar-refractivity contribution < 1.29 is 36.9 Å². The van der Waals surface area contributed by atoms with Gasteiger partial charge in [0.1, 0.15) is 5.75 Å². The van der Waals surface area contributed by atoms with Crippen LogP contribution >= 0.6 is 0 Å². The van der Waals surface area contributed by atoms with Gasteiger partial charge in [-0.05, 0) is 43.2 Å². The fourth-order valence-electron chi connectivity index (χ4n) is 3.25. The Bertz CT molecular complexity index is 861. The Kier molecular flexibility index (Phi) is 7.43. The number of hydrogen-bond acceptors (Lipinski definition) is 5. The van der Waals surface area contributed by atoms with Gasteiger partial charge in [-0.25, -0.2) is 4.79 Å². The maximum Gasteiger partial charge on any atom is 0.573 e. The zero-order chi connectivity index (χ0) is 22.4. The van der Waals surface area contributed by atoms with Gasteiger partial charge in [-0.3, -0.25) is 0 Å². The standard InChI is InChI=1S/C23H25F3O5/c1-15(2)22(29-18-10-6-7-11-18)30-20-14-16(12-13-19(20)31-23(24,25)26)21(27)28-17-8-4-3-5-9-17/h3-5,8-9,12-15,18,22H,6-7,10-11H2,1-2H3. The van der Waals surface area contributed by atoms with Gasteiger partial charge in [0, 0.05) is 5.92 Å². The molecule has 1 aliphatic carbocycles. The first-order chi connectivity index (χ1) is 14.7. The van der Waals surface area contributed by atoms with Crippen LogP contribution in [-0.2, 0) is 4.74 Å². The Hall–Kier alpha value is -2.74. The zero-order valence-electron chi connectivity index (χ0n) is 17.4. The minimum Gasteiger partial charge on any atom is -0.461 e. The van der Waals surface area contributed by atoms with Crippen molar-refractivity contribution in [1.29, 1.82) is 0 Å². The molecule has 0 bridgehead atoms. The van der Waals surface area contributed by atoms with Crippen LogP contribution in [0.5, 0.6) is 17.2 Å². The Balaban J connectivity index is 1.84. The van der Waals surface area contributed by atoms with Crippen LogP contribution in [0, 0.1) is 5.92 Å². The van der Waals surface area contributed by atoms with Gasteiger partial charge in [0.2, 0.25) is 6.29 Å². The predicted molar refractivity (Wildman–Crippen MR) is 107 cm³/mol. The number of carbonyl (C=O) groups excluding carboxylic acids is 1. The number of esters is 1. The van der Waals surface area contributed by atoms with Crippen molar-refractivity contribution in [2.45, 2.75) is 58.3 Å². The molecule has 1 atom stereocenters. The van der Waals surface area contributed by atoms with Gasteiger partial charge in [0.15, 0.2) is 11.5 Å². The van der Waals surface area contributed by atoms with E-state index < -0.39 is 24.4 Å². The lowest BCUT2D eigenvalue weighted by atomic mass is 10.2. The van der Waals surface area contributed by atoms with E-state index in [9.17, 15) is 18.0 Å². The molecule has 0 N–H and O–H groups in total. The monoisotopic (exact) mass is 438 g/mol. The molecular weight excluding hydrogens is 413 g/mol. The van der Waals surface area contributed by atoms with Gasteiger partial charge in [-0.1, -0.05) is 44.9 Å². The average molecular weight is 438 g/mol. The zero-order valence-corrected chi connectivity index (χ0v) is 17.4. The molecular formula is C23H25F3O5. The van der Waals surface area contributed by atoms with Crippen LogP contribution in [0.25, 0.3) is 0 Å². The quantitative estimate of drug-likeness (QED) is 0.282. The lowest BCUT2D eigenvalue weighted by Gasteiger charge is -2.27. The van der Waals surface area contributed by atoms with E-state index in [0.29, 0.717) is 5.75 Å². The lowest BCUT2D eigenvalue weighted by Crippen LogP contribution is -2.31. The van der Waals surface area contributed by atoms with E-state index in [1.54, 1.807) is 30.3 Å². The Morgan fingerprint density at radius 2 is 1.68 bits per heavy atom. The van der Waals surface area contributed by atoms with Crippen LogP contribution < -0.4 is 14.2 Å². The number of para-hydroxylation sites is 1. The van der Waals surface area contributed by atoms with E-state index in [-0.39, 0.29) is 23.3 Å². The van der Waals surface area contributed by atoms with Gasteiger partial charge in [-0.15, -0.1) is 13.2 Å². The van der Waals surface area contributed by atoms with E-state index in [1.165, 1.54) is 12.1 Å². The highest BCUT2D eigenvalue weighted by atomic mass is 19.4. The number of hydrogen-bond donors (Lipinski definition) is 0. The summed E-state index contributed by atoms with van der Waals surface area (Å²) >= 11 is 0. The van der Waals surface area contributed by atoms with E-state index >= 15 is 0 Å². The maximum atomic E-state index is 12.9. The van der Waals surface area contributed by atoms with Crippen LogP contribution in [-0.4, -0.2) is 24.7 Å². The van der Waals surface area contributed by atoms with Gasteiger partial charge >= 0.3 is 12.3 Å². The molecule has 0 radical (unpaired) electrons. The first-order valence-electron chi connectivity index (χ1n) is 10.2. The van der Waals surface area contributed by atoms with Gasteiger partial charge in [0.25, 0.3) is 0 Å². The number of carbonyl (C=O) groups is 1. The molecule has 0 aromatic heterocycles. The third-order valence-corrected chi connectivity index (χ3v) is 4.78.